The first-order chi connectivity index (χ1) is 11.7. The largest absolute Gasteiger partial charge is 0.395 e. The van der Waals surface area contributed by atoms with Crippen LogP contribution in [0.25, 0.3) is 0 Å². The van der Waals surface area contributed by atoms with Crippen molar-refractivity contribution in [1.82, 2.24) is 4.90 Å². The average Bonchev–Trinajstić information content (AvgIpc) is 2.61. The molecule has 4 nitrogen and oxygen atoms in total. The number of aliphatic hydroxyl groups is 1. The molecular weight excluding hydrogens is 300 g/mol. The smallest absolute Gasteiger partial charge is 0.248 e. The fourth-order valence-corrected chi connectivity index (χ4v) is 3.64. The number of nitrogens with zero attached hydrogens (tertiary/aromatic N) is 1. The Bertz CT molecular complexity index is 714. The summed E-state index contributed by atoms with van der Waals surface area (Å²) in [6.07, 6.45) is 3.37. The zero-order valence-corrected chi connectivity index (χ0v) is 13.8. The Kier molecular flexibility index (Phi) is 5.28. The second kappa shape index (κ2) is 7.60. The van der Waals surface area contributed by atoms with E-state index in [9.17, 15) is 9.90 Å². The Morgan fingerprint density at radius 2 is 2.04 bits per heavy atom. The van der Waals surface area contributed by atoms with Gasteiger partial charge in [0.15, 0.2) is 0 Å². The number of fused-ring (bicyclic) bond motifs is 1. The lowest BCUT2D eigenvalue weighted by atomic mass is 9.86. The topological polar surface area (TPSA) is 66.6 Å². The van der Waals surface area contributed by atoms with E-state index < -0.39 is 5.91 Å². The molecule has 0 spiro atoms. The number of primary amides is 1. The van der Waals surface area contributed by atoms with Gasteiger partial charge in [0.05, 0.1) is 6.61 Å². The van der Waals surface area contributed by atoms with Gasteiger partial charge in [-0.1, -0.05) is 36.4 Å². The number of aryl methyl sites for hydroxylation is 1. The lowest BCUT2D eigenvalue weighted by molar-refractivity contribution is 0.0999. The molecule has 3 N–H and O–H groups in total. The lowest BCUT2D eigenvalue weighted by Crippen LogP contribution is -2.33. The van der Waals surface area contributed by atoms with Crippen molar-refractivity contribution in [3.63, 3.8) is 0 Å². The molecule has 0 saturated carbocycles. The highest BCUT2D eigenvalue weighted by Gasteiger charge is 2.25. The van der Waals surface area contributed by atoms with Crippen LogP contribution in [0.3, 0.4) is 0 Å². The summed E-state index contributed by atoms with van der Waals surface area (Å²) in [4.78, 5) is 13.7. The highest BCUT2D eigenvalue weighted by Crippen LogP contribution is 2.34. The van der Waals surface area contributed by atoms with E-state index >= 15 is 0 Å². The molecule has 1 atom stereocenters. The number of carbonyl (C=O) groups is 1. The van der Waals surface area contributed by atoms with E-state index in [4.69, 9.17) is 5.73 Å². The molecule has 2 aromatic rings. The van der Waals surface area contributed by atoms with Crippen molar-refractivity contribution in [2.75, 3.05) is 13.2 Å². The number of nitrogens with two attached hydrogens (primary N) is 1. The van der Waals surface area contributed by atoms with Crippen molar-refractivity contribution in [1.29, 1.82) is 0 Å². The number of carbonyl (C=O) groups excluding carboxylic acids is 1. The summed E-state index contributed by atoms with van der Waals surface area (Å²) >= 11 is 0. The van der Waals surface area contributed by atoms with Crippen LogP contribution >= 0.6 is 0 Å². The van der Waals surface area contributed by atoms with Crippen molar-refractivity contribution in [3.05, 3.63) is 70.8 Å². The Labute approximate surface area is 142 Å². The van der Waals surface area contributed by atoms with Gasteiger partial charge in [0, 0.05) is 24.7 Å². The monoisotopic (exact) mass is 324 g/mol. The van der Waals surface area contributed by atoms with Crippen LogP contribution < -0.4 is 5.73 Å². The van der Waals surface area contributed by atoms with Gasteiger partial charge in [-0.2, -0.15) is 0 Å². The van der Waals surface area contributed by atoms with Crippen molar-refractivity contribution in [3.8, 4) is 0 Å². The number of hydrogen-bond donors (Lipinski definition) is 2. The molecule has 2 aromatic carbocycles. The molecule has 1 aliphatic rings. The minimum absolute atomic E-state index is 0.119. The second-order valence-corrected chi connectivity index (χ2v) is 6.37. The predicted octanol–water partition coefficient (Wildman–Crippen LogP) is 2.66. The van der Waals surface area contributed by atoms with E-state index in [0.717, 1.165) is 24.8 Å². The molecule has 24 heavy (non-hydrogen) atoms. The number of amides is 1. The maximum absolute atomic E-state index is 11.4. The van der Waals surface area contributed by atoms with Crippen LogP contribution in [0.1, 0.15) is 45.9 Å². The summed E-state index contributed by atoms with van der Waals surface area (Å²) in [7, 11) is 0. The summed E-state index contributed by atoms with van der Waals surface area (Å²) in [6, 6.07) is 16.3. The molecule has 1 unspecified atom stereocenters. The van der Waals surface area contributed by atoms with Crippen molar-refractivity contribution in [2.45, 2.75) is 31.8 Å². The summed E-state index contributed by atoms with van der Waals surface area (Å²) < 4.78 is 0. The Hall–Kier alpha value is -2.17. The minimum atomic E-state index is -0.409. The third-order valence-corrected chi connectivity index (χ3v) is 4.76. The average molecular weight is 324 g/mol. The summed E-state index contributed by atoms with van der Waals surface area (Å²) in [6.45, 7) is 1.43. The van der Waals surface area contributed by atoms with Crippen molar-refractivity contribution in [2.24, 2.45) is 5.73 Å². The maximum Gasteiger partial charge on any atom is 0.248 e. The van der Waals surface area contributed by atoms with Crippen molar-refractivity contribution < 1.29 is 9.90 Å². The van der Waals surface area contributed by atoms with E-state index in [1.165, 1.54) is 11.1 Å². The quantitative estimate of drug-likeness (QED) is 0.858. The molecule has 0 heterocycles. The molecule has 3 rings (SSSR count). The Balaban J connectivity index is 1.86. The zero-order chi connectivity index (χ0) is 16.9. The maximum atomic E-state index is 11.4. The van der Waals surface area contributed by atoms with E-state index in [0.29, 0.717) is 24.7 Å². The highest BCUT2D eigenvalue weighted by molar-refractivity contribution is 5.92. The molecule has 0 aliphatic heterocycles. The summed E-state index contributed by atoms with van der Waals surface area (Å²) in [5.41, 5.74) is 9.73. The summed E-state index contributed by atoms with van der Waals surface area (Å²) in [5.74, 6) is -0.409. The lowest BCUT2D eigenvalue weighted by Gasteiger charge is -2.35. The van der Waals surface area contributed by atoms with Gasteiger partial charge in [0.25, 0.3) is 0 Å². The molecular formula is C20H24N2O2. The summed E-state index contributed by atoms with van der Waals surface area (Å²) in [5, 5.41) is 9.52. The van der Waals surface area contributed by atoms with Crippen LogP contribution in [-0.2, 0) is 13.0 Å². The number of benzene rings is 2. The number of rotatable bonds is 6. The second-order valence-electron chi connectivity index (χ2n) is 6.37. The molecule has 126 valence electrons. The number of aliphatic hydroxyl groups excluding tert-OH is 1. The van der Waals surface area contributed by atoms with Crippen LogP contribution in [0.15, 0.2) is 48.5 Å². The fourth-order valence-electron chi connectivity index (χ4n) is 3.64. The molecule has 0 radical (unpaired) electrons. The first-order valence-electron chi connectivity index (χ1n) is 8.50. The van der Waals surface area contributed by atoms with Crippen LogP contribution in [0, 0.1) is 0 Å². The first kappa shape index (κ1) is 16.7. The van der Waals surface area contributed by atoms with Gasteiger partial charge in [-0.15, -0.1) is 0 Å². The zero-order valence-electron chi connectivity index (χ0n) is 13.8. The molecule has 1 amide bonds. The first-order valence-corrected chi connectivity index (χ1v) is 8.50. The van der Waals surface area contributed by atoms with E-state index in [2.05, 4.69) is 29.2 Å². The minimum Gasteiger partial charge on any atom is -0.395 e. The van der Waals surface area contributed by atoms with Gasteiger partial charge < -0.3 is 10.8 Å². The SMILES string of the molecule is NC(=O)c1cccc(CN(CCO)C2CCCc3ccccc32)c1. The van der Waals surface area contributed by atoms with Gasteiger partial charge in [0.1, 0.15) is 0 Å². The molecule has 0 aromatic heterocycles. The van der Waals surface area contributed by atoms with E-state index in [-0.39, 0.29) is 6.61 Å². The van der Waals surface area contributed by atoms with Gasteiger partial charge in [-0.25, -0.2) is 0 Å². The molecule has 0 saturated heterocycles. The third kappa shape index (κ3) is 3.66. The van der Waals surface area contributed by atoms with Crippen LogP contribution in [0.5, 0.6) is 0 Å². The van der Waals surface area contributed by atoms with E-state index in [1.807, 2.05) is 18.2 Å². The third-order valence-electron chi connectivity index (χ3n) is 4.76. The van der Waals surface area contributed by atoms with Gasteiger partial charge in [0.2, 0.25) is 5.91 Å². The predicted molar refractivity (Wildman–Crippen MR) is 94.6 cm³/mol. The van der Waals surface area contributed by atoms with Crippen LogP contribution in [-0.4, -0.2) is 29.1 Å². The normalized spacial score (nSPS) is 16.8. The van der Waals surface area contributed by atoms with Gasteiger partial charge in [-0.05, 0) is 48.1 Å². The van der Waals surface area contributed by atoms with Gasteiger partial charge >= 0.3 is 0 Å². The van der Waals surface area contributed by atoms with E-state index in [1.54, 1.807) is 6.07 Å². The van der Waals surface area contributed by atoms with Crippen molar-refractivity contribution >= 4 is 5.91 Å². The highest BCUT2D eigenvalue weighted by atomic mass is 16.3. The Morgan fingerprint density at radius 1 is 1.21 bits per heavy atom. The van der Waals surface area contributed by atoms with Crippen LogP contribution in [0.4, 0.5) is 0 Å². The molecule has 0 bridgehead atoms. The molecule has 4 heteroatoms. The molecule has 1 aliphatic carbocycles. The number of hydrogen-bond acceptors (Lipinski definition) is 3. The standard InChI is InChI=1S/C20H24N2O2/c21-20(24)17-8-3-5-15(13-17)14-22(11-12-23)19-10-4-7-16-6-1-2-9-18(16)19/h1-3,5-6,8-9,13,19,23H,4,7,10-12,14H2,(H2,21,24). The fraction of sp³-hybridized carbons (Fsp3) is 0.350. The van der Waals surface area contributed by atoms with Gasteiger partial charge in [-0.3, -0.25) is 9.69 Å². The molecule has 0 fully saturated rings. The van der Waals surface area contributed by atoms with Crippen LogP contribution in [0.2, 0.25) is 0 Å². The Morgan fingerprint density at radius 3 is 2.83 bits per heavy atom.